The van der Waals surface area contributed by atoms with Crippen LogP contribution in [0.15, 0.2) is 36.8 Å². The summed E-state index contributed by atoms with van der Waals surface area (Å²) in [5.74, 6) is 0. The van der Waals surface area contributed by atoms with Crippen molar-refractivity contribution in [3.63, 3.8) is 0 Å². The van der Waals surface area contributed by atoms with Gasteiger partial charge in [0.15, 0.2) is 0 Å². The van der Waals surface area contributed by atoms with Gasteiger partial charge in [-0.2, -0.15) is 0 Å². The Kier molecular flexibility index (Phi) is 3.17. The summed E-state index contributed by atoms with van der Waals surface area (Å²) < 4.78 is 2.32. The predicted molar refractivity (Wildman–Crippen MR) is 78.3 cm³/mol. The van der Waals surface area contributed by atoms with Crippen molar-refractivity contribution in [1.29, 1.82) is 0 Å². The van der Waals surface area contributed by atoms with Gasteiger partial charge >= 0.3 is 0 Å². The van der Waals surface area contributed by atoms with Crippen LogP contribution in [-0.2, 0) is 24.8 Å². The van der Waals surface area contributed by atoms with Crippen LogP contribution >= 0.6 is 0 Å². The van der Waals surface area contributed by atoms with Gasteiger partial charge in [-0.1, -0.05) is 37.6 Å². The molecule has 0 amide bonds. The topological polar surface area (TPSA) is 17.8 Å². The molecule has 0 radical (unpaired) electrons. The van der Waals surface area contributed by atoms with E-state index in [-0.39, 0.29) is 5.41 Å². The van der Waals surface area contributed by atoms with Crippen LogP contribution in [0.5, 0.6) is 0 Å². The summed E-state index contributed by atoms with van der Waals surface area (Å²) in [7, 11) is 0. The predicted octanol–water partition coefficient (Wildman–Crippen LogP) is 3.74. The fraction of sp³-hybridized carbons (Fsp3) is 0.471. The van der Waals surface area contributed by atoms with Crippen LogP contribution in [0.1, 0.15) is 43.5 Å². The molecular formula is C17H22N2. The maximum atomic E-state index is 4.39. The van der Waals surface area contributed by atoms with E-state index in [4.69, 9.17) is 0 Å². The molecule has 2 aromatic rings. The molecule has 2 heteroatoms. The van der Waals surface area contributed by atoms with Crippen molar-refractivity contribution < 1.29 is 0 Å². The third-order valence-electron chi connectivity index (χ3n) is 4.50. The summed E-state index contributed by atoms with van der Waals surface area (Å²) in [6.45, 7) is 5.50. The monoisotopic (exact) mass is 254 g/mol. The van der Waals surface area contributed by atoms with Gasteiger partial charge in [-0.15, -0.1) is 0 Å². The molecule has 0 atom stereocenters. The number of benzene rings is 1. The number of hydrogen-bond donors (Lipinski definition) is 0. The first-order chi connectivity index (χ1) is 9.29. The molecule has 1 aliphatic carbocycles. The van der Waals surface area contributed by atoms with Gasteiger partial charge in [-0.05, 0) is 37.3 Å². The highest BCUT2D eigenvalue weighted by molar-refractivity contribution is 5.40. The first kappa shape index (κ1) is 12.5. The summed E-state index contributed by atoms with van der Waals surface area (Å²) in [4.78, 5) is 4.39. The lowest BCUT2D eigenvalue weighted by atomic mass is 9.77. The molecule has 1 heterocycles. The van der Waals surface area contributed by atoms with Crippen molar-refractivity contribution in [1.82, 2.24) is 9.55 Å². The van der Waals surface area contributed by atoms with Crippen molar-refractivity contribution in [3.8, 4) is 0 Å². The van der Waals surface area contributed by atoms with Crippen LogP contribution in [0.4, 0.5) is 0 Å². The molecule has 19 heavy (non-hydrogen) atoms. The lowest BCUT2D eigenvalue weighted by Crippen LogP contribution is -2.29. The van der Waals surface area contributed by atoms with Crippen molar-refractivity contribution in [3.05, 3.63) is 53.6 Å². The Morgan fingerprint density at radius 3 is 2.42 bits per heavy atom. The van der Waals surface area contributed by atoms with E-state index in [9.17, 15) is 0 Å². The van der Waals surface area contributed by atoms with Gasteiger partial charge in [0.2, 0.25) is 0 Å². The number of nitrogens with zero attached hydrogens (tertiary/aromatic N) is 2. The van der Waals surface area contributed by atoms with Crippen LogP contribution in [-0.4, -0.2) is 9.55 Å². The van der Waals surface area contributed by atoms with E-state index in [0.29, 0.717) is 0 Å². The fourth-order valence-corrected chi connectivity index (χ4v) is 3.67. The van der Waals surface area contributed by atoms with Crippen molar-refractivity contribution >= 4 is 0 Å². The van der Waals surface area contributed by atoms with E-state index in [1.807, 2.05) is 6.33 Å². The molecule has 0 unspecified atom stereocenters. The van der Waals surface area contributed by atoms with Gasteiger partial charge in [-0.25, -0.2) is 4.98 Å². The molecule has 1 aliphatic rings. The van der Waals surface area contributed by atoms with Crippen LogP contribution in [0.25, 0.3) is 0 Å². The normalized spacial score (nSPS) is 16.5. The van der Waals surface area contributed by atoms with Gasteiger partial charge in [0, 0.05) is 23.9 Å². The number of aryl methyl sites for hydroxylation is 1. The second kappa shape index (κ2) is 4.84. The minimum atomic E-state index is 0.269. The average molecular weight is 254 g/mol. The van der Waals surface area contributed by atoms with Crippen LogP contribution < -0.4 is 0 Å². The fourth-order valence-electron chi connectivity index (χ4n) is 3.67. The number of hydrogen-bond acceptors (Lipinski definition) is 1. The average Bonchev–Trinajstić information content (AvgIpc) is 3.03. The Hall–Kier alpha value is -1.57. The summed E-state index contributed by atoms with van der Waals surface area (Å²) >= 11 is 0. The molecule has 1 aromatic carbocycles. The van der Waals surface area contributed by atoms with Crippen molar-refractivity contribution in [2.45, 2.75) is 51.5 Å². The maximum absolute atomic E-state index is 4.39. The van der Waals surface area contributed by atoms with E-state index in [1.165, 1.54) is 42.5 Å². The van der Waals surface area contributed by atoms with E-state index in [0.717, 1.165) is 6.54 Å². The first-order valence-corrected chi connectivity index (χ1v) is 7.36. The van der Waals surface area contributed by atoms with E-state index in [1.54, 1.807) is 0 Å². The van der Waals surface area contributed by atoms with Gasteiger partial charge in [0.05, 0.1) is 6.33 Å². The summed E-state index contributed by atoms with van der Waals surface area (Å²) in [6.07, 6.45) is 8.88. The molecule has 0 fully saturated rings. The Morgan fingerprint density at radius 2 is 1.84 bits per heavy atom. The third-order valence-corrected chi connectivity index (χ3v) is 4.50. The zero-order valence-electron chi connectivity index (χ0n) is 11.9. The molecule has 0 N–H and O–H groups in total. The van der Waals surface area contributed by atoms with E-state index in [2.05, 4.69) is 53.9 Å². The van der Waals surface area contributed by atoms with Gasteiger partial charge in [0.1, 0.15) is 0 Å². The Bertz CT molecular complexity index is 543. The number of fused-ring (bicyclic) bond motifs is 1. The maximum Gasteiger partial charge on any atom is 0.0948 e. The largest absolute Gasteiger partial charge is 0.334 e. The molecule has 0 bridgehead atoms. The highest BCUT2D eigenvalue weighted by atomic mass is 15.0. The molecule has 1 aromatic heterocycles. The van der Waals surface area contributed by atoms with Crippen LogP contribution in [0, 0.1) is 0 Å². The Morgan fingerprint density at radius 1 is 1.16 bits per heavy atom. The van der Waals surface area contributed by atoms with Crippen LogP contribution in [0.2, 0.25) is 0 Å². The standard InChI is InChI=1S/C17H22N2/c1-3-9-17(16-12-18-13-19(16)4-2)10-14-7-5-6-8-15(14)11-17/h5-8,12-13H,3-4,9-11H2,1-2H3. The van der Waals surface area contributed by atoms with Crippen molar-refractivity contribution in [2.24, 2.45) is 0 Å². The summed E-state index contributed by atoms with van der Waals surface area (Å²) in [5, 5.41) is 0. The lowest BCUT2D eigenvalue weighted by molar-refractivity contribution is 0.381. The minimum Gasteiger partial charge on any atom is -0.334 e. The zero-order valence-corrected chi connectivity index (χ0v) is 11.9. The second-order valence-electron chi connectivity index (χ2n) is 5.72. The Balaban J connectivity index is 2.04. The molecular weight excluding hydrogens is 232 g/mol. The molecule has 3 rings (SSSR count). The van der Waals surface area contributed by atoms with Gasteiger partial charge < -0.3 is 4.57 Å². The smallest absolute Gasteiger partial charge is 0.0948 e. The quantitative estimate of drug-likeness (QED) is 0.812. The summed E-state index contributed by atoms with van der Waals surface area (Å²) in [5.41, 5.74) is 4.75. The number of imidazole rings is 1. The molecule has 0 spiro atoms. The molecule has 2 nitrogen and oxygen atoms in total. The highest BCUT2D eigenvalue weighted by Gasteiger charge is 2.39. The molecule has 0 aliphatic heterocycles. The SMILES string of the molecule is CCCC1(c2cncn2CC)Cc2ccccc2C1. The summed E-state index contributed by atoms with van der Waals surface area (Å²) in [6, 6.07) is 8.91. The number of rotatable bonds is 4. The highest BCUT2D eigenvalue weighted by Crippen LogP contribution is 2.42. The van der Waals surface area contributed by atoms with E-state index >= 15 is 0 Å². The van der Waals surface area contributed by atoms with Crippen LogP contribution in [0.3, 0.4) is 0 Å². The molecule has 0 saturated carbocycles. The number of aromatic nitrogens is 2. The van der Waals surface area contributed by atoms with Gasteiger partial charge in [0.25, 0.3) is 0 Å². The zero-order chi connectivity index (χ0) is 13.3. The van der Waals surface area contributed by atoms with Gasteiger partial charge in [-0.3, -0.25) is 0 Å². The van der Waals surface area contributed by atoms with E-state index < -0.39 is 0 Å². The minimum absolute atomic E-state index is 0.269. The first-order valence-electron chi connectivity index (χ1n) is 7.36. The molecule has 100 valence electrons. The van der Waals surface area contributed by atoms with Crippen molar-refractivity contribution in [2.75, 3.05) is 0 Å². The Labute approximate surface area is 115 Å². The molecule has 0 saturated heterocycles. The second-order valence-corrected chi connectivity index (χ2v) is 5.72. The third kappa shape index (κ3) is 1.99. The lowest BCUT2D eigenvalue weighted by Gasteiger charge is -2.29.